The van der Waals surface area contributed by atoms with Crippen LogP contribution in [0.2, 0.25) is 0 Å². The van der Waals surface area contributed by atoms with Crippen LogP contribution in [0, 0.1) is 0 Å². The Morgan fingerprint density at radius 2 is 1.90 bits per heavy atom. The SMILES string of the molecule is CCCCCCCCCC(NN)c1cnn2ccncc12. The fraction of sp³-hybridized carbons (Fsp3) is 0.625. The molecule has 0 amide bonds. The highest BCUT2D eigenvalue weighted by molar-refractivity contribution is 5.53. The number of hydrogen-bond donors (Lipinski definition) is 2. The number of aromatic nitrogens is 3. The summed E-state index contributed by atoms with van der Waals surface area (Å²) >= 11 is 0. The zero-order valence-corrected chi connectivity index (χ0v) is 13.0. The Morgan fingerprint density at radius 1 is 1.14 bits per heavy atom. The van der Waals surface area contributed by atoms with E-state index in [0.29, 0.717) is 0 Å². The largest absolute Gasteiger partial charge is 0.271 e. The van der Waals surface area contributed by atoms with E-state index >= 15 is 0 Å². The quantitative estimate of drug-likeness (QED) is 0.400. The number of nitrogens with one attached hydrogen (secondary N) is 1. The van der Waals surface area contributed by atoms with Gasteiger partial charge in [-0.2, -0.15) is 5.10 Å². The predicted octanol–water partition coefficient (Wildman–Crippen LogP) is 3.37. The molecule has 0 bridgehead atoms. The third-order valence-electron chi connectivity index (χ3n) is 4.03. The van der Waals surface area contributed by atoms with E-state index in [1.807, 2.05) is 23.1 Å². The summed E-state index contributed by atoms with van der Waals surface area (Å²) in [6.45, 7) is 2.25. The van der Waals surface area contributed by atoms with Gasteiger partial charge in [0.25, 0.3) is 0 Å². The van der Waals surface area contributed by atoms with Crippen LogP contribution in [0.4, 0.5) is 0 Å². The van der Waals surface area contributed by atoms with E-state index in [9.17, 15) is 0 Å². The Balaban J connectivity index is 1.80. The molecule has 3 N–H and O–H groups in total. The molecule has 0 aliphatic heterocycles. The van der Waals surface area contributed by atoms with Gasteiger partial charge in [0.1, 0.15) is 0 Å². The van der Waals surface area contributed by atoms with Crippen LogP contribution in [0.25, 0.3) is 5.52 Å². The predicted molar refractivity (Wildman–Crippen MR) is 85.7 cm³/mol. The lowest BCUT2D eigenvalue weighted by molar-refractivity contribution is 0.478. The molecule has 1 unspecified atom stereocenters. The summed E-state index contributed by atoms with van der Waals surface area (Å²) < 4.78 is 1.84. The molecule has 0 saturated carbocycles. The molecule has 2 aromatic heterocycles. The molecule has 21 heavy (non-hydrogen) atoms. The van der Waals surface area contributed by atoms with Crippen molar-refractivity contribution in [1.29, 1.82) is 0 Å². The molecule has 0 aliphatic rings. The van der Waals surface area contributed by atoms with Crippen molar-refractivity contribution < 1.29 is 0 Å². The van der Waals surface area contributed by atoms with Crippen molar-refractivity contribution in [3.05, 3.63) is 30.4 Å². The van der Waals surface area contributed by atoms with Gasteiger partial charge in [-0.15, -0.1) is 0 Å². The number of unbranched alkanes of at least 4 members (excludes halogenated alkanes) is 6. The van der Waals surface area contributed by atoms with Gasteiger partial charge in [-0.25, -0.2) is 4.52 Å². The van der Waals surface area contributed by atoms with Gasteiger partial charge in [0.2, 0.25) is 0 Å². The van der Waals surface area contributed by atoms with Crippen molar-refractivity contribution in [3.63, 3.8) is 0 Å². The van der Waals surface area contributed by atoms with Crippen molar-refractivity contribution in [2.24, 2.45) is 5.84 Å². The van der Waals surface area contributed by atoms with Crippen LogP contribution in [0.15, 0.2) is 24.8 Å². The molecule has 2 aromatic rings. The minimum atomic E-state index is 0.155. The van der Waals surface area contributed by atoms with Gasteiger partial charge in [0, 0.05) is 24.0 Å². The average molecular weight is 289 g/mol. The van der Waals surface area contributed by atoms with E-state index in [-0.39, 0.29) is 6.04 Å². The second-order valence-electron chi connectivity index (χ2n) is 5.64. The van der Waals surface area contributed by atoms with Crippen molar-refractivity contribution in [2.45, 2.75) is 64.3 Å². The number of fused-ring (bicyclic) bond motifs is 1. The Morgan fingerprint density at radius 3 is 2.67 bits per heavy atom. The van der Waals surface area contributed by atoms with Crippen molar-refractivity contribution in [2.75, 3.05) is 0 Å². The van der Waals surface area contributed by atoms with E-state index in [4.69, 9.17) is 5.84 Å². The van der Waals surface area contributed by atoms with Crippen LogP contribution in [-0.4, -0.2) is 14.6 Å². The molecule has 0 radical (unpaired) electrons. The van der Waals surface area contributed by atoms with Gasteiger partial charge in [-0.1, -0.05) is 51.9 Å². The Kier molecular flexibility index (Phi) is 6.63. The van der Waals surface area contributed by atoms with E-state index < -0.39 is 0 Å². The van der Waals surface area contributed by atoms with Gasteiger partial charge < -0.3 is 0 Å². The van der Waals surface area contributed by atoms with E-state index in [2.05, 4.69) is 22.4 Å². The topological polar surface area (TPSA) is 68.2 Å². The molecular weight excluding hydrogens is 262 g/mol. The summed E-state index contributed by atoms with van der Waals surface area (Å²) in [4.78, 5) is 4.17. The summed E-state index contributed by atoms with van der Waals surface area (Å²) in [5, 5.41) is 4.35. The van der Waals surface area contributed by atoms with Crippen LogP contribution >= 0.6 is 0 Å². The molecule has 5 heteroatoms. The number of nitrogens with two attached hydrogens (primary N) is 1. The monoisotopic (exact) mass is 289 g/mol. The number of rotatable bonds is 10. The fourth-order valence-corrected chi connectivity index (χ4v) is 2.76. The number of nitrogens with zero attached hydrogens (tertiary/aromatic N) is 3. The number of hydrazine groups is 1. The molecule has 0 aliphatic carbocycles. The smallest absolute Gasteiger partial charge is 0.0893 e. The summed E-state index contributed by atoms with van der Waals surface area (Å²) in [7, 11) is 0. The standard InChI is InChI=1S/C16H27N5/c1-2-3-4-5-6-7-8-9-15(20-17)14-12-19-21-11-10-18-13-16(14)21/h10-13,15,20H,2-9,17H2,1H3. The van der Waals surface area contributed by atoms with Crippen LogP contribution in [0.3, 0.4) is 0 Å². The summed E-state index contributed by atoms with van der Waals surface area (Å²) in [6, 6.07) is 0.155. The molecule has 0 saturated heterocycles. The normalized spacial score (nSPS) is 12.9. The lowest BCUT2D eigenvalue weighted by atomic mass is 10.0. The van der Waals surface area contributed by atoms with Gasteiger partial charge in [-0.3, -0.25) is 16.3 Å². The van der Waals surface area contributed by atoms with Crippen molar-refractivity contribution in [1.82, 2.24) is 20.0 Å². The lowest BCUT2D eigenvalue weighted by Crippen LogP contribution is -2.27. The first-order valence-corrected chi connectivity index (χ1v) is 8.10. The van der Waals surface area contributed by atoms with Gasteiger partial charge in [-0.05, 0) is 6.42 Å². The third kappa shape index (κ3) is 4.51. The fourth-order valence-electron chi connectivity index (χ4n) is 2.76. The first-order chi connectivity index (χ1) is 10.4. The first-order valence-electron chi connectivity index (χ1n) is 8.10. The van der Waals surface area contributed by atoms with E-state index in [0.717, 1.165) is 17.5 Å². The third-order valence-corrected chi connectivity index (χ3v) is 4.03. The second-order valence-corrected chi connectivity index (χ2v) is 5.64. The molecular formula is C16H27N5. The van der Waals surface area contributed by atoms with Crippen LogP contribution in [0.1, 0.15) is 69.9 Å². The van der Waals surface area contributed by atoms with Crippen LogP contribution < -0.4 is 11.3 Å². The first kappa shape index (κ1) is 15.9. The maximum atomic E-state index is 5.73. The Hall–Kier alpha value is -1.46. The zero-order chi connectivity index (χ0) is 14.9. The Labute approximate surface area is 126 Å². The highest BCUT2D eigenvalue weighted by atomic mass is 15.3. The average Bonchev–Trinajstić information content (AvgIpc) is 2.94. The lowest BCUT2D eigenvalue weighted by Gasteiger charge is -2.14. The summed E-state index contributed by atoms with van der Waals surface area (Å²) in [5.74, 6) is 5.73. The highest BCUT2D eigenvalue weighted by Gasteiger charge is 2.14. The Bertz CT molecular complexity index is 522. The van der Waals surface area contributed by atoms with E-state index in [1.54, 1.807) is 6.20 Å². The zero-order valence-electron chi connectivity index (χ0n) is 13.0. The molecule has 1 atom stereocenters. The minimum absolute atomic E-state index is 0.155. The maximum Gasteiger partial charge on any atom is 0.0893 e. The molecule has 0 fully saturated rings. The van der Waals surface area contributed by atoms with Crippen LogP contribution in [0.5, 0.6) is 0 Å². The van der Waals surface area contributed by atoms with Gasteiger partial charge >= 0.3 is 0 Å². The second kappa shape index (κ2) is 8.74. The molecule has 116 valence electrons. The summed E-state index contributed by atoms with van der Waals surface area (Å²) in [6.07, 6.45) is 17.6. The molecule has 5 nitrogen and oxygen atoms in total. The number of hydrogen-bond acceptors (Lipinski definition) is 4. The van der Waals surface area contributed by atoms with E-state index in [1.165, 1.54) is 44.9 Å². The van der Waals surface area contributed by atoms with Gasteiger partial charge in [0.15, 0.2) is 0 Å². The molecule has 2 rings (SSSR count). The maximum absolute atomic E-state index is 5.73. The molecule has 0 spiro atoms. The molecule has 2 heterocycles. The highest BCUT2D eigenvalue weighted by Crippen LogP contribution is 2.23. The van der Waals surface area contributed by atoms with Crippen molar-refractivity contribution >= 4 is 5.52 Å². The molecule has 0 aromatic carbocycles. The van der Waals surface area contributed by atoms with Gasteiger partial charge in [0.05, 0.1) is 17.9 Å². The summed E-state index contributed by atoms with van der Waals surface area (Å²) in [5.41, 5.74) is 5.09. The van der Waals surface area contributed by atoms with Crippen LogP contribution in [-0.2, 0) is 0 Å². The van der Waals surface area contributed by atoms with Crippen molar-refractivity contribution in [3.8, 4) is 0 Å². The minimum Gasteiger partial charge on any atom is -0.271 e.